The molecule has 2 atom stereocenters. The van der Waals surface area contributed by atoms with E-state index in [1.165, 1.54) is 30.3 Å². The molecule has 9 heteroatoms. The van der Waals surface area contributed by atoms with Crippen molar-refractivity contribution in [1.82, 2.24) is 9.80 Å². The van der Waals surface area contributed by atoms with Crippen molar-refractivity contribution in [3.63, 3.8) is 0 Å². The minimum absolute atomic E-state index is 0.0300. The second kappa shape index (κ2) is 9.84. The maximum Gasteiger partial charge on any atom is 0.275 e. The molecule has 8 nitrogen and oxygen atoms in total. The van der Waals surface area contributed by atoms with E-state index in [9.17, 15) is 24.4 Å². The lowest BCUT2D eigenvalue weighted by Gasteiger charge is -2.44. The van der Waals surface area contributed by atoms with E-state index in [0.717, 1.165) is 5.56 Å². The van der Waals surface area contributed by atoms with Crippen molar-refractivity contribution in [3.8, 4) is 5.75 Å². The molecule has 0 aromatic heterocycles. The summed E-state index contributed by atoms with van der Waals surface area (Å²) in [6.45, 7) is 5.21. The van der Waals surface area contributed by atoms with Crippen LogP contribution in [-0.4, -0.2) is 57.5 Å². The Morgan fingerprint density at radius 3 is 2.55 bits per heavy atom. The van der Waals surface area contributed by atoms with Crippen LogP contribution in [0.15, 0.2) is 42.5 Å². The van der Waals surface area contributed by atoms with Gasteiger partial charge in [-0.2, -0.15) is 0 Å². The van der Waals surface area contributed by atoms with Gasteiger partial charge in [-0.05, 0) is 43.7 Å². The maximum absolute atomic E-state index is 13.1. The van der Waals surface area contributed by atoms with Crippen molar-refractivity contribution in [2.75, 3.05) is 19.7 Å². The minimum Gasteiger partial charge on any atom is -0.484 e. The summed E-state index contributed by atoms with van der Waals surface area (Å²) in [5, 5.41) is 20.3. The Balaban J connectivity index is 1.57. The summed E-state index contributed by atoms with van der Waals surface area (Å²) in [6, 6.07) is 10.6. The second-order valence-corrected chi connectivity index (χ2v) is 7.79. The summed E-state index contributed by atoms with van der Waals surface area (Å²) in [5.74, 6) is -0.150. The summed E-state index contributed by atoms with van der Waals surface area (Å²) in [5.41, 5.74) is 0.952. The zero-order chi connectivity index (χ0) is 22.5. The molecule has 0 radical (unpaired) electrons. The highest BCUT2D eigenvalue weighted by Gasteiger charge is 2.32. The van der Waals surface area contributed by atoms with Crippen molar-refractivity contribution >= 4 is 11.6 Å². The number of benzene rings is 2. The number of nitro groups is 1. The monoisotopic (exact) mass is 431 g/mol. The van der Waals surface area contributed by atoms with Crippen molar-refractivity contribution in [2.45, 2.75) is 39.1 Å². The van der Waals surface area contributed by atoms with E-state index in [1.54, 1.807) is 17.0 Å². The Bertz CT molecular complexity index is 937. The Kier molecular flexibility index (Phi) is 7.19. The van der Waals surface area contributed by atoms with Crippen LogP contribution in [0, 0.1) is 15.9 Å². The molecule has 0 unspecified atom stereocenters. The predicted octanol–water partition coefficient (Wildman–Crippen LogP) is 2.73. The van der Waals surface area contributed by atoms with Gasteiger partial charge in [0.25, 0.3) is 11.6 Å². The first-order valence-electron chi connectivity index (χ1n) is 10.1. The van der Waals surface area contributed by atoms with Crippen molar-refractivity contribution in [2.24, 2.45) is 0 Å². The van der Waals surface area contributed by atoms with Crippen molar-refractivity contribution in [3.05, 3.63) is 69.5 Å². The second-order valence-electron chi connectivity index (χ2n) is 7.79. The fourth-order valence-electron chi connectivity index (χ4n) is 3.77. The molecule has 1 N–H and O–H groups in total. The number of carbonyl (C=O) groups is 1. The minimum atomic E-state index is -0.574. The topological polar surface area (TPSA) is 96.2 Å². The molecule has 0 saturated carbocycles. The third-order valence-electron chi connectivity index (χ3n) is 5.51. The van der Waals surface area contributed by atoms with Gasteiger partial charge in [0.2, 0.25) is 0 Å². The number of hydrogen-bond donors (Lipinski definition) is 1. The van der Waals surface area contributed by atoms with Gasteiger partial charge in [0.05, 0.1) is 17.1 Å². The molecule has 3 rings (SSSR count). The molecular formula is C22H26FN3O5. The first-order valence-corrected chi connectivity index (χ1v) is 10.1. The number of nitro benzene ring substituents is 1. The molecule has 0 bridgehead atoms. The summed E-state index contributed by atoms with van der Waals surface area (Å²) in [6.07, 6.45) is 0. The Morgan fingerprint density at radius 2 is 1.90 bits per heavy atom. The number of amides is 1. The first kappa shape index (κ1) is 22.6. The van der Waals surface area contributed by atoms with Gasteiger partial charge in [0, 0.05) is 37.8 Å². The van der Waals surface area contributed by atoms with Crippen molar-refractivity contribution < 1.29 is 24.0 Å². The maximum atomic E-state index is 13.1. The highest BCUT2D eigenvalue weighted by atomic mass is 19.1. The van der Waals surface area contributed by atoms with Gasteiger partial charge in [-0.15, -0.1) is 0 Å². The normalized spacial score (nSPS) is 19.3. The van der Waals surface area contributed by atoms with Gasteiger partial charge < -0.3 is 14.7 Å². The molecule has 1 saturated heterocycles. The number of carbonyl (C=O) groups excluding carboxylic acids is 1. The van der Waals surface area contributed by atoms with Crippen LogP contribution < -0.4 is 4.74 Å². The summed E-state index contributed by atoms with van der Waals surface area (Å²) in [4.78, 5) is 27.2. The van der Waals surface area contributed by atoms with Gasteiger partial charge in [0.1, 0.15) is 11.6 Å². The molecule has 2 aromatic carbocycles. The fraction of sp³-hybridized carbons (Fsp3) is 0.409. The van der Waals surface area contributed by atoms with Gasteiger partial charge in [-0.3, -0.25) is 19.8 Å². The largest absolute Gasteiger partial charge is 0.484 e. The van der Waals surface area contributed by atoms with E-state index in [1.807, 2.05) is 13.8 Å². The Hall–Kier alpha value is -3.04. The van der Waals surface area contributed by atoms with E-state index < -0.39 is 11.5 Å². The Labute approximate surface area is 180 Å². The van der Waals surface area contributed by atoms with Crippen LogP contribution in [0.2, 0.25) is 0 Å². The first-order chi connectivity index (χ1) is 14.8. The van der Waals surface area contributed by atoms with Gasteiger partial charge >= 0.3 is 0 Å². The number of aliphatic hydroxyl groups excluding tert-OH is 1. The molecule has 31 heavy (non-hydrogen) atoms. The predicted molar refractivity (Wildman–Crippen MR) is 112 cm³/mol. The van der Waals surface area contributed by atoms with Gasteiger partial charge in [-0.1, -0.05) is 12.1 Å². The fourth-order valence-corrected chi connectivity index (χ4v) is 3.77. The van der Waals surface area contributed by atoms with Crippen LogP contribution in [0.4, 0.5) is 10.1 Å². The lowest BCUT2D eigenvalue weighted by atomic mass is 10.1. The van der Waals surface area contributed by atoms with Crippen LogP contribution in [0.25, 0.3) is 0 Å². The average molecular weight is 431 g/mol. The van der Waals surface area contributed by atoms with Crippen LogP contribution >= 0.6 is 0 Å². The van der Waals surface area contributed by atoms with E-state index in [0.29, 0.717) is 25.4 Å². The average Bonchev–Trinajstić information content (AvgIpc) is 2.75. The highest BCUT2D eigenvalue weighted by Crippen LogP contribution is 2.24. The molecule has 1 amide bonds. The SMILES string of the molecule is C[C@@H]1CN(C(=O)COc2ccc([N+](=O)[O-])c(CO)c2)[C@@H](C)CN1Cc1ccc(F)cc1. The molecule has 0 aliphatic carbocycles. The van der Waals surface area contributed by atoms with E-state index in [2.05, 4.69) is 4.90 Å². The van der Waals surface area contributed by atoms with Crippen LogP contribution in [0.5, 0.6) is 5.75 Å². The highest BCUT2D eigenvalue weighted by molar-refractivity contribution is 5.78. The standard InChI is InChI=1S/C22H26FN3O5/c1-15-11-25(16(2)10-24(15)12-17-3-5-19(23)6-4-17)22(28)14-31-20-7-8-21(26(29)30)18(9-20)13-27/h3-9,15-16,27H,10-14H2,1-2H3/t15-,16+/m1/s1. The third-order valence-corrected chi connectivity index (χ3v) is 5.51. The molecule has 1 aliphatic heterocycles. The number of rotatable bonds is 7. The summed E-state index contributed by atoms with van der Waals surface area (Å²) >= 11 is 0. The van der Waals surface area contributed by atoms with Gasteiger partial charge in [-0.25, -0.2) is 4.39 Å². The zero-order valence-corrected chi connectivity index (χ0v) is 17.5. The molecular weight excluding hydrogens is 405 g/mol. The van der Waals surface area contributed by atoms with Crippen molar-refractivity contribution in [1.29, 1.82) is 0 Å². The molecule has 1 heterocycles. The van der Waals surface area contributed by atoms with Crippen LogP contribution in [-0.2, 0) is 17.9 Å². The van der Waals surface area contributed by atoms with Crippen LogP contribution in [0.3, 0.4) is 0 Å². The molecule has 1 aliphatic rings. The number of piperazine rings is 1. The number of hydrogen-bond acceptors (Lipinski definition) is 6. The lowest BCUT2D eigenvalue weighted by molar-refractivity contribution is -0.385. The van der Waals surface area contributed by atoms with Crippen LogP contribution in [0.1, 0.15) is 25.0 Å². The van der Waals surface area contributed by atoms with E-state index in [-0.39, 0.29) is 41.7 Å². The number of aliphatic hydroxyl groups is 1. The van der Waals surface area contributed by atoms with E-state index >= 15 is 0 Å². The Morgan fingerprint density at radius 1 is 1.19 bits per heavy atom. The number of ether oxygens (including phenoxy) is 1. The number of halogens is 1. The molecule has 1 fully saturated rings. The quantitative estimate of drug-likeness (QED) is 0.535. The van der Waals surface area contributed by atoms with Gasteiger partial charge in [0.15, 0.2) is 6.61 Å². The lowest BCUT2D eigenvalue weighted by Crippen LogP contribution is -2.58. The third kappa shape index (κ3) is 5.56. The van der Waals surface area contributed by atoms with E-state index in [4.69, 9.17) is 4.74 Å². The molecule has 0 spiro atoms. The molecule has 2 aromatic rings. The summed E-state index contributed by atoms with van der Waals surface area (Å²) < 4.78 is 18.7. The summed E-state index contributed by atoms with van der Waals surface area (Å²) in [7, 11) is 0. The smallest absolute Gasteiger partial charge is 0.275 e. The zero-order valence-electron chi connectivity index (χ0n) is 17.5. The number of nitrogens with zero attached hydrogens (tertiary/aromatic N) is 3. The molecule has 166 valence electrons.